The highest BCUT2D eigenvalue weighted by Crippen LogP contribution is 2.51. The zero-order valence-electron chi connectivity index (χ0n) is 5.55. The van der Waals surface area contributed by atoms with Gasteiger partial charge >= 0.3 is 6.00 Å². The molecule has 0 rings (SSSR count). The first kappa shape index (κ1) is 13.0. The lowest BCUT2D eigenvalue weighted by Gasteiger charge is -2.27. The van der Waals surface area contributed by atoms with Gasteiger partial charge in [0.05, 0.1) is 0 Å². The van der Waals surface area contributed by atoms with Crippen LogP contribution < -0.4 is 0 Å². The predicted molar refractivity (Wildman–Crippen MR) is 57.6 cm³/mol. The average Bonchev–Trinajstić information content (AvgIpc) is 1.56. The Balaban J connectivity index is 4.43. The lowest BCUT2D eigenvalue weighted by molar-refractivity contribution is 0.808. The predicted octanol–water partition coefficient (Wildman–Crippen LogP) is 4.79. The molecule has 68 valence electrons. The maximum atomic E-state index is 5.70. The number of alkyl halides is 3. The van der Waals surface area contributed by atoms with Gasteiger partial charge in [-0.05, 0) is 6.42 Å². The van der Waals surface area contributed by atoms with Crippen molar-refractivity contribution in [3.8, 4) is 0 Å². The van der Waals surface area contributed by atoms with E-state index >= 15 is 0 Å². The molecule has 0 saturated heterocycles. The van der Waals surface area contributed by atoms with E-state index in [4.69, 9.17) is 68.0 Å². The van der Waals surface area contributed by atoms with Crippen molar-refractivity contribution in [2.75, 3.05) is 0 Å². The van der Waals surface area contributed by atoms with Gasteiger partial charge in [-0.3, -0.25) is 0 Å². The Morgan fingerprint density at radius 2 is 1.55 bits per heavy atom. The van der Waals surface area contributed by atoms with Crippen LogP contribution in [-0.2, 0) is 0 Å². The molecule has 11 heavy (non-hydrogen) atoms. The molecule has 0 N–H and O–H groups in total. The van der Waals surface area contributed by atoms with Gasteiger partial charge in [0.1, 0.15) is 0 Å². The molecule has 0 bridgehead atoms. The highest BCUT2D eigenvalue weighted by molar-refractivity contribution is 7.65. The normalized spacial score (nSPS) is 16.6. The minimum absolute atomic E-state index is 0.454. The molecule has 0 aromatic heterocycles. The van der Waals surface area contributed by atoms with E-state index in [2.05, 4.69) is 0 Å². The Bertz CT molecular complexity index is 110. The standard InChI is InChI=1S/C4H6Cl6Si/c1-2-3(4(5,6)7)11(8,9)10/h3H,2H2,1H3. The van der Waals surface area contributed by atoms with Crippen LogP contribution in [0.5, 0.6) is 0 Å². The van der Waals surface area contributed by atoms with Crippen molar-refractivity contribution in [1.82, 2.24) is 0 Å². The molecular formula is C4H6Cl6Si. The van der Waals surface area contributed by atoms with E-state index in [9.17, 15) is 0 Å². The first-order chi connectivity index (χ1) is 4.69. The molecule has 0 nitrogen and oxygen atoms in total. The van der Waals surface area contributed by atoms with Crippen LogP contribution in [0, 0.1) is 0 Å². The van der Waals surface area contributed by atoms with E-state index in [-0.39, 0.29) is 0 Å². The van der Waals surface area contributed by atoms with E-state index in [1.807, 2.05) is 6.92 Å². The molecule has 0 aromatic rings. The molecule has 7 heteroatoms. The van der Waals surface area contributed by atoms with Crippen molar-refractivity contribution in [1.29, 1.82) is 0 Å². The molecule has 0 spiro atoms. The van der Waals surface area contributed by atoms with Gasteiger partial charge in [0.25, 0.3) is 0 Å². The molecule has 1 atom stereocenters. The molecule has 0 aromatic carbocycles. The maximum absolute atomic E-state index is 5.70. The Morgan fingerprint density at radius 1 is 1.18 bits per heavy atom. The molecule has 0 radical (unpaired) electrons. The highest BCUT2D eigenvalue weighted by atomic mass is 35.8. The summed E-state index contributed by atoms with van der Waals surface area (Å²) < 4.78 is -1.47. The average molecular weight is 295 g/mol. The number of hydrogen-bond acceptors (Lipinski definition) is 0. The molecule has 0 fully saturated rings. The van der Waals surface area contributed by atoms with E-state index in [1.54, 1.807) is 0 Å². The quantitative estimate of drug-likeness (QED) is 0.390. The van der Waals surface area contributed by atoms with Crippen molar-refractivity contribution < 1.29 is 0 Å². The van der Waals surface area contributed by atoms with Crippen molar-refractivity contribution in [2.45, 2.75) is 22.7 Å². The summed E-state index contributed by atoms with van der Waals surface area (Å²) in [6.07, 6.45) is 0.555. The van der Waals surface area contributed by atoms with Gasteiger partial charge in [-0.2, -0.15) is 0 Å². The summed E-state index contributed by atoms with van der Waals surface area (Å²) >= 11 is 33.9. The van der Waals surface area contributed by atoms with Crippen molar-refractivity contribution >= 4 is 74.0 Å². The first-order valence-electron chi connectivity index (χ1n) is 2.83. The molecule has 0 amide bonds. The van der Waals surface area contributed by atoms with Crippen LogP contribution in [0.15, 0.2) is 0 Å². The fourth-order valence-corrected chi connectivity index (χ4v) is 7.79. The van der Waals surface area contributed by atoms with Crippen molar-refractivity contribution in [3.05, 3.63) is 0 Å². The molecule has 0 saturated carbocycles. The summed E-state index contributed by atoms with van der Waals surface area (Å²) in [4.78, 5) is 0. The Hall–Kier alpha value is 1.96. The zero-order chi connectivity index (χ0) is 9.28. The third kappa shape index (κ3) is 4.66. The fraction of sp³-hybridized carbons (Fsp3) is 1.00. The van der Waals surface area contributed by atoms with Crippen LogP contribution >= 0.6 is 68.0 Å². The summed E-state index contributed by atoms with van der Waals surface area (Å²) in [6.45, 7) is 1.82. The Labute approximate surface area is 96.2 Å². The van der Waals surface area contributed by atoms with Crippen LogP contribution in [0.2, 0.25) is 5.54 Å². The lowest BCUT2D eigenvalue weighted by atomic mass is 10.4. The van der Waals surface area contributed by atoms with Crippen molar-refractivity contribution in [3.63, 3.8) is 0 Å². The summed E-state index contributed by atoms with van der Waals surface area (Å²) in [5, 5.41) is 0. The van der Waals surface area contributed by atoms with E-state index < -0.39 is 15.3 Å². The van der Waals surface area contributed by atoms with Crippen LogP contribution in [0.25, 0.3) is 0 Å². The number of rotatable bonds is 2. The molecule has 0 aliphatic heterocycles. The van der Waals surface area contributed by atoms with Crippen LogP contribution in [0.1, 0.15) is 13.3 Å². The van der Waals surface area contributed by atoms with E-state index in [1.165, 1.54) is 0 Å². The molecular weight excluding hydrogens is 289 g/mol. The molecule has 0 aliphatic carbocycles. The lowest BCUT2D eigenvalue weighted by Crippen LogP contribution is -2.29. The monoisotopic (exact) mass is 292 g/mol. The van der Waals surface area contributed by atoms with Crippen molar-refractivity contribution in [2.24, 2.45) is 0 Å². The minimum Gasteiger partial charge on any atom is -0.126 e. The minimum atomic E-state index is -2.90. The SMILES string of the molecule is CCC(C(Cl)(Cl)Cl)[Si](Cl)(Cl)Cl. The summed E-state index contributed by atoms with van der Waals surface area (Å²) in [6, 6.07) is -2.90. The summed E-state index contributed by atoms with van der Waals surface area (Å²) in [5.41, 5.74) is -0.454. The second-order valence-electron chi connectivity index (χ2n) is 2.04. The fourth-order valence-electron chi connectivity index (χ4n) is 0.648. The van der Waals surface area contributed by atoms with Gasteiger partial charge in [-0.1, -0.05) is 41.7 Å². The molecule has 0 aliphatic rings. The van der Waals surface area contributed by atoms with Gasteiger partial charge in [0, 0.05) is 5.54 Å². The van der Waals surface area contributed by atoms with E-state index in [0.29, 0.717) is 6.42 Å². The van der Waals surface area contributed by atoms with Gasteiger partial charge in [-0.25, -0.2) is 0 Å². The maximum Gasteiger partial charge on any atom is 0.348 e. The molecule has 0 heterocycles. The number of halogens is 6. The third-order valence-corrected chi connectivity index (χ3v) is 6.54. The van der Waals surface area contributed by atoms with Gasteiger partial charge in [-0.15, -0.1) is 33.2 Å². The topological polar surface area (TPSA) is 0 Å². The van der Waals surface area contributed by atoms with Gasteiger partial charge < -0.3 is 0 Å². The van der Waals surface area contributed by atoms with E-state index in [0.717, 1.165) is 0 Å². The second-order valence-corrected chi connectivity index (χ2v) is 13.3. The van der Waals surface area contributed by atoms with Crippen LogP contribution in [0.4, 0.5) is 0 Å². The smallest absolute Gasteiger partial charge is 0.126 e. The Kier molecular flexibility index (Phi) is 5.24. The summed E-state index contributed by atoms with van der Waals surface area (Å²) in [5.74, 6) is 0. The third-order valence-electron chi connectivity index (χ3n) is 1.20. The van der Waals surface area contributed by atoms with Crippen LogP contribution in [0.3, 0.4) is 0 Å². The van der Waals surface area contributed by atoms with Crippen LogP contribution in [-0.4, -0.2) is 9.80 Å². The zero-order valence-corrected chi connectivity index (χ0v) is 11.1. The van der Waals surface area contributed by atoms with Gasteiger partial charge in [0.2, 0.25) is 0 Å². The highest BCUT2D eigenvalue weighted by Gasteiger charge is 2.47. The largest absolute Gasteiger partial charge is 0.348 e. The summed E-state index contributed by atoms with van der Waals surface area (Å²) in [7, 11) is 0. The Morgan fingerprint density at radius 3 is 1.55 bits per heavy atom. The number of hydrogen-bond donors (Lipinski definition) is 0. The van der Waals surface area contributed by atoms with Gasteiger partial charge in [0.15, 0.2) is 3.79 Å². The first-order valence-corrected chi connectivity index (χ1v) is 9.07. The second kappa shape index (κ2) is 4.45. The molecule has 1 unspecified atom stereocenters.